The van der Waals surface area contributed by atoms with Gasteiger partial charge in [-0.25, -0.2) is 9.79 Å². The van der Waals surface area contributed by atoms with Crippen LogP contribution in [0.15, 0.2) is 71.2 Å². The van der Waals surface area contributed by atoms with Crippen molar-refractivity contribution in [1.29, 1.82) is 0 Å². The molecule has 118 valence electrons. The molecule has 0 aliphatic rings. The molecule has 0 saturated heterocycles. The van der Waals surface area contributed by atoms with Crippen LogP contribution in [0.1, 0.15) is 12.5 Å². The molecule has 5 nitrogen and oxygen atoms in total. The number of aliphatic imine (C=N–C) groups is 1. The van der Waals surface area contributed by atoms with E-state index < -0.39 is 5.97 Å². The largest absolute Gasteiger partial charge is 0.506 e. The summed E-state index contributed by atoms with van der Waals surface area (Å²) >= 11 is 0. The van der Waals surface area contributed by atoms with E-state index in [1.807, 2.05) is 12.1 Å². The van der Waals surface area contributed by atoms with Crippen molar-refractivity contribution in [2.45, 2.75) is 6.92 Å². The minimum absolute atomic E-state index is 0.101. The zero-order valence-corrected chi connectivity index (χ0v) is 12.8. The van der Waals surface area contributed by atoms with Crippen molar-refractivity contribution in [3.63, 3.8) is 0 Å². The predicted molar refractivity (Wildman–Crippen MR) is 90.3 cm³/mol. The van der Waals surface area contributed by atoms with Gasteiger partial charge in [0.05, 0.1) is 12.3 Å². The molecule has 0 amide bonds. The number of carbonyl (C=O) groups excluding carboxylic acids is 1. The van der Waals surface area contributed by atoms with E-state index in [2.05, 4.69) is 4.99 Å². The second-order valence-electron chi connectivity index (χ2n) is 4.64. The summed E-state index contributed by atoms with van der Waals surface area (Å²) in [5, 5.41) is 10.4. The zero-order valence-electron chi connectivity index (χ0n) is 12.8. The number of aliphatic hydroxyl groups is 1. The van der Waals surface area contributed by atoms with Crippen molar-refractivity contribution in [1.82, 2.24) is 0 Å². The van der Waals surface area contributed by atoms with Crippen molar-refractivity contribution in [3.8, 4) is 0 Å². The summed E-state index contributed by atoms with van der Waals surface area (Å²) in [6.07, 6.45) is 0. The molecule has 0 aliphatic heterocycles. The third-order valence-corrected chi connectivity index (χ3v) is 3.03. The topological polar surface area (TPSA) is 84.9 Å². The first-order valence-electron chi connectivity index (χ1n) is 7.18. The summed E-state index contributed by atoms with van der Waals surface area (Å²) in [7, 11) is 0. The highest BCUT2D eigenvalue weighted by Gasteiger charge is 2.22. The Morgan fingerprint density at radius 2 is 1.65 bits per heavy atom. The van der Waals surface area contributed by atoms with Gasteiger partial charge in [0.15, 0.2) is 0 Å². The van der Waals surface area contributed by atoms with Gasteiger partial charge in [-0.1, -0.05) is 48.5 Å². The highest BCUT2D eigenvalue weighted by Crippen LogP contribution is 2.19. The molecule has 0 radical (unpaired) electrons. The van der Waals surface area contributed by atoms with Crippen LogP contribution in [-0.4, -0.2) is 23.5 Å². The first-order chi connectivity index (χ1) is 11.1. The van der Waals surface area contributed by atoms with Crippen molar-refractivity contribution in [2.75, 3.05) is 6.61 Å². The monoisotopic (exact) mass is 310 g/mol. The Morgan fingerprint density at radius 3 is 2.22 bits per heavy atom. The van der Waals surface area contributed by atoms with E-state index in [9.17, 15) is 9.90 Å². The van der Waals surface area contributed by atoms with E-state index in [0.717, 1.165) is 0 Å². The average Bonchev–Trinajstić information content (AvgIpc) is 2.57. The van der Waals surface area contributed by atoms with Gasteiger partial charge in [0.25, 0.3) is 0 Å². The summed E-state index contributed by atoms with van der Waals surface area (Å²) in [6.45, 7) is 1.85. The van der Waals surface area contributed by atoms with Crippen LogP contribution in [-0.2, 0) is 9.53 Å². The number of esters is 1. The van der Waals surface area contributed by atoms with E-state index in [-0.39, 0.29) is 23.8 Å². The molecule has 23 heavy (non-hydrogen) atoms. The number of hydrogen-bond acceptors (Lipinski definition) is 4. The summed E-state index contributed by atoms with van der Waals surface area (Å²) in [5.74, 6) is -1.08. The molecule has 0 aromatic heterocycles. The van der Waals surface area contributed by atoms with Gasteiger partial charge in [0, 0.05) is 5.56 Å². The van der Waals surface area contributed by atoms with Crippen molar-refractivity contribution < 1.29 is 14.6 Å². The average molecular weight is 310 g/mol. The second-order valence-corrected chi connectivity index (χ2v) is 4.64. The van der Waals surface area contributed by atoms with Crippen LogP contribution in [0.5, 0.6) is 0 Å². The molecular formula is C18H18N2O3. The Hall–Kier alpha value is -3.08. The number of para-hydroxylation sites is 1. The van der Waals surface area contributed by atoms with Crippen molar-refractivity contribution in [3.05, 3.63) is 71.8 Å². The van der Waals surface area contributed by atoms with E-state index >= 15 is 0 Å². The molecule has 0 fully saturated rings. The molecular weight excluding hydrogens is 292 g/mol. The van der Waals surface area contributed by atoms with E-state index in [0.29, 0.717) is 11.3 Å². The fourth-order valence-electron chi connectivity index (χ4n) is 1.96. The van der Waals surface area contributed by atoms with Gasteiger partial charge in [-0.05, 0) is 19.1 Å². The van der Waals surface area contributed by atoms with Crippen LogP contribution in [0.3, 0.4) is 0 Å². The van der Waals surface area contributed by atoms with Crippen LogP contribution < -0.4 is 5.73 Å². The fourth-order valence-corrected chi connectivity index (χ4v) is 1.96. The SMILES string of the molecule is CCOC(=O)/C(C(N)=Nc1ccccc1)=C(/O)c1ccccc1. The summed E-state index contributed by atoms with van der Waals surface area (Å²) in [5.41, 5.74) is 6.84. The van der Waals surface area contributed by atoms with Gasteiger partial charge >= 0.3 is 5.97 Å². The highest BCUT2D eigenvalue weighted by atomic mass is 16.5. The van der Waals surface area contributed by atoms with E-state index in [4.69, 9.17) is 10.5 Å². The number of ether oxygens (including phenoxy) is 1. The number of nitrogens with two attached hydrogens (primary N) is 1. The molecule has 0 bridgehead atoms. The lowest BCUT2D eigenvalue weighted by Gasteiger charge is -2.10. The van der Waals surface area contributed by atoms with Crippen molar-refractivity contribution >= 4 is 23.3 Å². The predicted octanol–water partition coefficient (Wildman–Crippen LogP) is 3.21. The first kappa shape index (κ1) is 16.3. The van der Waals surface area contributed by atoms with E-state index in [1.165, 1.54) is 0 Å². The molecule has 5 heteroatoms. The Balaban J connectivity index is 2.50. The minimum atomic E-state index is -0.717. The molecule has 0 saturated carbocycles. The van der Waals surface area contributed by atoms with Gasteiger partial charge in [-0.3, -0.25) is 0 Å². The third kappa shape index (κ3) is 4.20. The maximum Gasteiger partial charge on any atom is 0.345 e. The molecule has 2 rings (SSSR count). The number of amidine groups is 1. The Kier molecular flexibility index (Phi) is 5.52. The normalized spacial score (nSPS) is 12.5. The van der Waals surface area contributed by atoms with Crippen LogP contribution in [0.2, 0.25) is 0 Å². The minimum Gasteiger partial charge on any atom is -0.506 e. The summed E-state index contributed by atoms with van der Waals surface area (Å²) in [4.78, 5) is 16.4. The summed E-state index contributed by atoms with van der Waals surface area (Å²) < 4.78 is 4.99. The Labute approximate surface area is 134 Å². The number of aliphatic hydroxyl groups excluding tert-OH is 1. The number of hydrogen-bond donors (Lipinski definition) is 2. The van der Waals surface area contributed by atoms with Crippen LogP contribution in [0.25, 0.3) is 5.76 Å². The second kappa shape index (κ2) is 7.79. The maximum atomic E-state index is 12.2. The lowest BCUT2D eigenvalue weighted by Crippen LogP contribution is -2.24. The zero-order chi connectivity index (χ0) is 16.7. The van der Waals surface area contributed by atoms with Gasteiger partial charge in [-0.15, -0.1) is 0 Å². The van der Waals surface area contributed by atoms with Crippen molar-refractivity contribution in [2.24, 2.45) is 10.7 Å². The summed E-state index contributed by atoms with van der Waals surface area (Å²) in [6, 6.07) is 17.6. The molecule has 0 spiro atoms. The smallest absolute Gasteiger partial charge is 0.345 e. The number of carbonyl (C=O) groups is 1. The molecule has 0 atom stereocenters. The van der Waals surface area contributed by atoms with Gasteiger partial charge in [0.1, 0.15) is 17.2 Å². The molecule has 2 aromatic rings. The fraction of sp³-hybridized carbons (Fsp3) is 0.111. The standard InChI is InChI=1S/C18H18N2O3/c1-2-23-18(22)15(16(21)13-9-5-3-6-10-13)17(19)20-14-11-7-4-8-12-14/h3-12,21H,2H2,1H3,(H2,19,20)/b16-15+. The molecule has 3 N–H and O–H groups in total. The number of benzene rings is 2. The van der Waals surface area contributed by atoms with Crippen LogP contribution >= 0.6 is 0 Å². The lowest BCUT2D eigenvalue weighted by atomic mass is 10.1. The first-order valence-corrected chi connectivity index (χ1v) is 7.18. The Bertz CT molecular complexity index is 722. The Morgan fingerprint density at radius 1 is 1.09 bits per heavy atom. The van der Waals surface area contributed by atoms with Crippen LogP contribution in [0, 0.1) is 0 Å². The number of nitrogens with zero attached hydrogens (tertiary/aromatic N) is 1. The quantitative estimate of drug-likeness (QED) is 0.292. The lowest BCUT2D eigenvalue weighted by molar-refractivity contribution is -0.137. The molecule has 0 aliphatic carbocycles. The molecule has 0 heterocycles. The maximum absolute atomic E-state index is 12.2. The molecule has 0 unspecified atom stereocenters. The van der Waals surface area contributed by atoms with Gasteiger partial charge in [0.2, 0.25) is 0 Å². The molecule has 2 aromatic carbocycles. The van der Waals surface area contributed by atoms with E-state index in [1.54, 1.807) is 55.5 Å². The third-order valence-electron chi connectivity index (χ3n) is 3.03. The number of rotatable bonds is 5. The van der Waals surface area contributed by atoms with Gasteiger partial charge < -0.3 is 15.6 Å². The highest BCUT2D eigenvalue weighted by molar-refractivity contribution is 6.23. The van der Waals surface area contributed by atoms with Gasteiger partial charge in [-0.2, -0.15) is 0 Å². The van der Waals surface area contributed by atoms with Crippen LogP contribution in [0.4, 0.5) is 5.69 Å².